The summed E-state index contributed by atoms with van der Waals surface area (Å²) in [6.07, 6.45) is 0.760. The molecular weight excluding hydrogens is 404 g/mol. The predicted octanol–water partition coefficient (Wildman–Crippen LogP) is 3.69. The summed E-state index contributed by atoms with van der Waals surface area (Å²) in [7, 11) is 3.77. The van der Waals surface area contributed by atoms with E-state index in [9.17, 15) is 4.39 Å². The van der Waals surface area contributed by atoms with Crippen LogP contribution in [0.5, 0.6) is 0 Å². The van der Waals surface area contributed by atoms with Crippen molar-refractivity contribution >= 4 is 29.9 Å². The van der Waals surface area contributed by atoms with Gasteiger partial charge in [0.25, 0.3) is 0 Å². The van der Waals surface area contributed by atoms with Crippen LogP contribution < -0.4 is 5.32 Å². The van der Waals surface area contributed by atoms with E-state index >= 15 is 0 Å². The minimum absolute atomic E-state index is 0. The lowest BCUT2D eigenvalue weighted by molar-refractivity contribution is 0.477. The number of hydrogen-bond acceptors (Lipinski definition) is 1. The molecule has 0 fully saturated rings. The molecule has 0 atom stereocenters. The minimum Gasteiger partial charge on any atom is -0.356 e. The average molecular weight is 427 g/mol. The highest BCUT2D eigenvalue weighted by Gasteiger charge is 2.06. The van der Waals surface area contributed by atoms with Crippen LogP contribution in [0.25, 0.3) is 0 Å². The van der Waals surface area contributed by atoms with Gasteiger partial charge in [-0.15, -0.1) is 24.0 Å². The molecule has 5 heteroatoms. The highest BCUT2D eigenvalue weighted by molar-refractivity contribution is 14.0. The highest BCUT2D eigenvalue weighted by atomic mass is 127. The summed E-state index contributed by atoms with van der Waals surface area (Å²) in [4.78, 5) is 6.36. The molecular formula is C18H23FIN3. The molecule has 1 N–H and O–H groups in total. The molecule has 0 heterocycles. The molecule has 0 aliphatic carbocycles. The Morgan fingerprint density at radius 3 is 2.43 bits per heavy atom. The number of guanidine groups is 1. The van der Waals surface area contributed by atoms with Gasteiger partial charge in [-0.2, -0.15) is 0 Å². The van der Waals surface area contributed by atoms with Gasteiger partial charge in [-0.05, 0) is 29.7 Å². The lowest BCUT2D eigenvalue weighted by Crippen LogP contribution is -2.39. The van der Waals surface area contributed by atoms with Crippen molar-refractivity contribution in [3.05, 3.63) is 71.5 Å². The molecule has 0 unspecified atom stereocenters. The number of nitrogens with zero attached hydrogens (tertiary/aromatic N) is 2. The molecule has 2 aromatic rings. The maximum absolute atomic E-state index is 13.1. The van der Waals surface area contributed by atoms with E-state index in [1.807, 2.05) is 31.3 Å². The lowest BCUT2D eigenvalue weighted by atomic mass is 10.1. The average Bonchev–Trinajstić information content (AvgIpc) is 2.52. The van der Waals surface area contributed by atoms with Crippen molar-refractivity contribution in [2.24, 2.45) is 4.99 Å². The molecule has 0 saturated heterocycles. The van der Waals surface area contributed by atoms with Crippen molar-refractivity contribution in [3.8, 4) is 0 Å². The first kappa shape index (κ1) is 19.4. The molecule has 0 aromatic heterocycles. The van der Waals surface area contributed by atoms with Crippen molar-refractivity contribution < 1.29 is 4.39 Å². The Kier molecular flexibility index (Phi) is 8.61. The van der Waals surface area contributed by atoms with Gasteiger partial charge in [0.05, 0.1) is 0 Å². The van der Waals surface area contributed by atoms with Gasteiger partial charge in [0.1, 0.15) is 5.82 Å². The molecule has 0 aliphatic rings. The molecule has 124 valence electrons. The molecule has 0 amide bonds. The summed E-state index contributed by atoms with van der Waals surface area (Å²) in [5.74, 6) is 0.642. The summed E-state index contributed by atoms with van der Waals surface area (Å²) in [6.45, 7) is 1.51. The number of nitrogens with one attached hydrogen (secondary N) is 1. The van der Waals surface area contributed by atoms with Crippen LogP contribution in [0, 0.1) is 5.82 Å². The molecule has 2 aromatic carbocycles. The van der Waals surface area contributed by atoms with Gasteiger partial charge in [-0.3, -0.25) is 4.99 Å². The Hall–Kier alpha value is -1.63. The Labute approximate surface area is 154 Å². The van der Waals surface area contributed by atoms with Crippen molar-refractivity contribution in [2.45, 2.75) is 13.0 Å². The van der Waals surface area contributed by atoms with Crippen LogP contribution in [0.2, 0.25) is 0 Å². The maximum atomic E-state index is 13.1. The quantitative estimate of drug-likeness (QED) is 0.448. The zero-order valence-electron chi connectivity index (χ0n) is 13.5. The third kappa shape index (κ3) is 6.56. The number of hydrogen-bond donors (Lipinski definition) is 1. The van der Waals surface area contributed by atoms with Crippen LogP contribution in [0.3, 0.4) is 0 Å². The fourth-order valence-electron chi connectivity index (χ4n) is 2.33. The van der Waals surface area contributed by atoms with Crippen molar-refractivity contribution in [3.63, 3.8) is 0 Å². The SMILES string of the molecule is CN=C(NCCc1cccc(F)c1)N(C)Cc1ccccc1.I. The maximum Gasteiger partial charge on any atom is 0.193 e. The fraction of sp³-hybridized carbons (Fsp3) is 0.278. The largest absolute Gasteiger partial charge is 0.356 e. The monoisotopic (exact) mass is 427 g/mol. The standard InChI is InChI=1S/C18H22FN3.HI/c1-20-18(22(2)14-16-7-4-3-5-8-16)21-12-11-15-9-6-10-17(19)13-15;/h3-10,13H,11-12,14H2,1-2H3,(H,20,21);1H. The summed E-state index contributed by atoms with van der Waals surface area (Å²) in [5, 5.41) is 3.31. The van der Waals surface area contributed by atoms with Gasteiger partial charge < -0.3 is 10.2 Å². The normalized spacial score (nSPS) is 10.8. The summed E-state index contributed by atoms with van der Waals surface area (Å²) in [6, 6.07) is 17.0. The summed E-state index contributed by atoms with van der Waals surface area (Å²) >= 11 is 0. The predicted molar refractivity (Wildman–Crippen MR) is 105 cm³/mol. The number of halogens is 2. The van der Waals surface area contributed by atoms with Gasteiger partial charge in [-0.1, -0.05) is 42.5 Å². The first-order valence-electron chi connectivity index (χ1n) is 7.39. The lowest BCUT2D eigenvalue weighted by Gasteiger charge is -2.22. The Balaban J connectivity index is 0.00000264. The first-order chi connectivity index (χ1) is 10.7. The molecule has 0 aliphatic heterocycles. The van der Waals surface area contributed by atoms with E-state index in [1.165, 1.54) is 11.6 Å². The second-order valence-electron chi connectivity index (χ2n) is 5.20. The second kappa shape index (κ2) is 10.2. The van der Waals surface area contributed by atoms with E-state index in [0.717, 1.165) is 31.0 Å². The van der Waals surface area contributed by atoms with E-state index in [4.69, 9.17) is 0 Å². The third-order valence-corrected chi connectivity index (χ3v) is 3.42. The van der Waals surface area contributed by atoms with Crippen molar-refractivity contribution in [1.29, 1.82) is 0 Å². The Bertz CT molecular complexity index is 617. The highest BCUT2D eigenvalue weighted by Crippen LogP contribution is 2.05. The van der Waals surface area contributed by atoms with E-state index in [-0.39, 0.29) is 29.8 Å². The van der Waals surface area contributed by atoms with E-state index in [1.54, 1.807) is 19.2 Å². The van der Waals surface area contributed by atoms with Crippen molar-refractivity contribution in [2.75, 3.05) is 20.6 Å². The molecule has 23 heavy (non-hydrogen) atoms. The molecule has 3 nitrogen and oxygen atoms in total. The zero-order valence-corrected chi connectivity index (χ0v) is 15.8. The van der Waals surface area contributed by atoms with Crippen LogP contribution in [0.4, 0.5) is 4.39 Å². The van der Waals surface area contributed by atoms with Crippen LogP contribution in [-0.4, -0.2) is 31.5 Å². The van der Waals surface area contributed by atoms with Crippen LogP contribution in [0.15, 0.2) is 59.6 Å². The van der Waals surface area contributed by atoms with Gasteiger partial charge in [-0.25, -0.2) is 4.39 Å². The third-order valence-electron chi connectivity index (χ3n) is 3.42. The minimum atomic E-state index is -0.192. The number of aliphatic imine (C=N–C) groups is 1. The fourth-order valence-corrected chi connectivity index (χ4v) is 2.33. The molecule has 0 bridgehead atoms. The van der Waals surface area contributed by atoms with E-state index < -0.39 is 0 Å². The second-order valence-corrected chi connectivity index (χ2v) is 5.20. The summed E-state index contributed by atoms with van der Waals surface area (Å²) in [5.41, 5.74) is 2.21. The Morgan fingerprint density at radius 1 is 1.09 bits per heavy atom. The van der Waals surface area contributed by atoms with Crippen LogP contribution >= 0.6 is 24.0 Å². The van der Waals surface area contributed by atoms with Gasteiger partial charge in [0, 0.05) is 27.2 Å². The van der Waals surface area contributed by atoms with Crippen LogP contribution in [0.1, 0.15) is 11.1 Å². The topological polar surface area (TPSA) is 27.6 Å². The molecule has 0 saturated carbocycles. The first-order valence-corrected chi connectivity index (χ1v) is 7.39. The van der Waals surface area contributed by atoms with E-state index in [2.05, 4.69) is 27.3 Å². The molecule has 0 spiro atoms. The number of rotatable bonds is 5. The molecule has 2 rings (SSSR count). The zero-order chi connectivity index (χ0) is 15.8. The Morgan fingerprint density at radius 2 is 1.78 bits per heavy atom. The van der Waals surface area contributed by atoms with Crippen molar-refractivity contribution in [1.82, 2.24) is 10.2 Å². The van der Waals surface area contributed by atoms with Gasteiger partial charge >= 0.3 is 0 Å². The van der Waals surface area contributed by atoms with Crippen LogP contribution in [-0.2, 0) is 13.0 Å². The van der Waals surface area contributed by atoms with Gasteiger partial charge in [0.2, 0.25) is 0 Å². The number of benzene rings is 2. The summed E-state index contributed by atoms with van der Waals surface area (Å²) < 4.78 is 13.1. The van der Waals surface area contributed by atoms with E-state index in [0.29, 0.717) is 0 Å². The molecule has 0 radical (unpaired) electrons. The van der Waals surface area contributed by atoms with Gasteiger partial charge in [0.15, 0.2) is 5.96 Å². The smallest absolute Gasteiger partial charge is 0.193 e.